The van der Waals surface area contributed by atoms with Gasteiger partial charge in [-0.15, -0.1) is 0 Å². The number of aromatic amines is 1. The third kappa shape index (κ3) is 4.35. The fourth-order valence-electron chi connectivity index (χ4n) is 2.42. The Hall–Kier alpha value is -2.82. The summed E-state index contributed by atoms with van der Waals surface area (Å²) >= 11 is 4.99. The van der Waals surface area contributed by atoms with E-state index in [2.05, 4.69) is 10.2 Å². The van der Waals surface area contributed by atoms with Crippen molar-refractivity contribution in [2.24, 2.45) is 0 Å². The fourth-order valence-corrected chi connectivity index (χ4v) is 2.68. The van der Waals surface area contributed by atoms with Crippen LogP contribution in [0.5, 0.6) is 5.75 Å². The molecule has 0 saturated carbocycles. The van der Waals surface area contributed by atoms with Gasteiger partial charge in [0, 0.05) is 0 Å². The van der Waals surface area contributed by atoms with E-state index in [1.165, 1.54) is 0 Å². The highest BCUT2D eigenvalue weighted by Crippen LogP contribution is 2.37. The summed E-state index contributed by atoms with van der Waals surface area (Å²) in [6.45, 7) is -0.227. The van der Waals surface area contributed by atoms with Crippen molar-refractivity contribution < 1.29 is 31.1 Å². The lowest BCUT2D eigenvalue weighted by molar-refractivity contribution is -0.143. The standard InChI is InChI=1S/C17H11F6N3OS/c18-16(19,20)10-6-11(17(21,22)23)8-12(7-10)26-14(24-25-15(26)28)9-27-13-4-2-1-3-5-13/h1-8H,9H2,(H,25,28). The maximum absolute atomic E-state index is 13.1. The summed E-state index contributed by atoms with van der Waals surface area (Å²) in [6, 6.07) is 9.63. The largest absolute Gasteiger partial charge is 0.486 e. The number of rotatable bonds is 4. The molecule has 28 heavy (non-hydrogen) atoms. The molecule has 3 aromatic rings. The van der Waals surface area contributed by atoms with Crippen molar-refractivity contribution >= 4 is 12.2 Å². The summed E-state index contributed by atoms with van der Waals surface area (Å²) in [5, 5.41) is 6.21. The van der Waals surface area contributed by atoms with Gasteiger partial charge in [0.05, 0.1) is 16.8 Å². The highest BCUT2D eigenvalue weighted by Gasteiger charge is 2.37. The maximum Gasteiger partial charge on any atom is 0.416 e. The van der Waals surface area contributed by atoms with E-state index in [0.29, 0.717) is 17.9 Å². The van der Waals surface area contributed by atoms with Gasteiger partial charge in [-0.25, -0.2) is 0 Å². The van der Waals surface area contributed by atoms with Gasteiger partial charge in [-0.05, 0) is 42.5 Å². The Bertz CT molecular complexity index is 992. The topological polar surface area (TPSA) is 42.8 Å². The van der Waals surface area contributed by atoms with E-state index < -0.39 is 29.2 Å². The Balaban J connectivity index is 2.06. The van der Waals surface area contributed by atoms with Gasteiger partial charge >= 0.3 is 12.4 Å². The van der Waals surface area contributed by atoms with Crippen molar-refractivity contribution in [2.75, 3.05) is 0 Å². The van der Waals surface area contributed by atoms with Gasteiger partial charge in [0.15, 0.2) is 10.6 Å². The summed E-state index contributed by atoms with van der Waals surface area (Å²) in [6.07, 6.45) is -9.94. The Labute approximate surface area is 159 Å². The summed E-state index contributed by atoms with van der Waals surface area (Å²) in [7, 11) is 0. The highest BCUT2D eigenvalue weighted by molar-refractivity contribution is 7.71. The van der Waals surface area contributed by atoms with Crippen LogP contribution in [0.15, 0.2) is 48.5 Å². The molecule has 1 N–H and O–H groups in total. The van der Waals surface area contributed by atoms with Crippen molar-refractivity contribution in [3.63, 3.8) is 0 Å². The van der Waals surface area contributed by atoms with Gasteiger partial charge in [0.25, 0.3) is 0 Å². The van der Waals surface area contributed by atoms with Crippen LogP contribution < -0.4 is 4.74 Å². The molecule has 2 aromatic carbocycles. The molecule has 0 fully saturated rings. The second kappa shape index (κ2) is 7.30. The number of H-pyrrole nitrogens is 1. The molecule has 0 aliphatic carbocycles. The highest BCUT2D eigenvalue weighted by atomic mass is 32.1. The SMILES string of the molecule is FC(F)(F)c1cc(-n2c(COc3ccccc3)n[nH]c2=S)cc(C(F)(F)F)c1. The number of halogens is 6. The van der Waals surface area contributed by atoms with E-state index >= 15 is 0 Å². The van der Waals surface area contributed by atoms with Gasteiger partial charge in [-0.1, -0.05) is 18.2 Å². The molecule has 1 heterocycles. The van der Waals surface area contributed by atoms with Crippen molar-refractivity contribution in [3.8, 4) is 11.4 Å². The van der Waals surface area contributed by atoms with Gasteiger partial charge < -0.3 is 4.74 Å². The molecule has 0 atom stereocenters. The molecule has 0 spiro atoms. The van der Waals surface area contributed by atoms with Crippen LogP contribution in [-0.4, -0.2) is 14.8 Å². The predicted molar refractivity (Wildman–Crippen MR) is 89.5 cm³/mol. The van der Waals surface area contributed by atoms with Gasteiger partial charge in [-0.3, -0.25) is 9.67 Å². The lowest BCUT2D eigenvalue weighted by Crippen LogP contribution is -2.13. The maximum atomic E-state index is 13.1. The van der Waals surface area contributed by atoms with E-state index in [1.807, 2.05) is 0 Å². The van der Waals surface area contributed by atoms with Crippen LogP contribution in [0.1, 0.15) is 17.0 Å². The normalized spacial score (nSPS) is 12.2. The molecular formula is C17H11F6N3OS. The second-order valence-corrected chi connectivity index (χ2v) is 6.03. The number of hydrogen-bond donors (Lipinski definition) is 1. The minimum atomic E-state index is -4.97. The molecule has 0 aliphatic heterocycles. The van der Waals surface area contributed by atoms with Crippen LogP contribution in [0.25, 0.3) is 5.69 Å². The zero-order valence-corrected chi connectivity index (χ0v) is 14.6. The lowest BCUT2D eigenvalue weighted by atomic mass is 10.1. The summed E-state index contributed by atoms with van der Waals surface area (Å²) < 4.78 is 84.9. The number of para-hydroxylation sites is 1. The van der Waals surface area contributed by atoms with E-state index in [0.717, 1.165) is 4.57 Å². The number of ether oxygens (including phenoxy) is 1. The number of benzene rings is 2. The molecule has 0 saturated heterocycles. The fraction of sp³-hybridized carbons (Fsp3) is 0.176. The van der Waals surface area contributed by atoms with Gasteiger partial charge in [-0.2, -0.15) is 31.4 Å². The van der Waals surface area contributed by atoms with Crippen LogP contribution in [0.3, 0.4) is 0 Å². The molecular weight excluding hydrogens is 408 g/mol. The Kier molecular flexibility index (Phi) is 5.20. The van der Waals surface area contributed by atoms with Crippen molar-refractivity contribution in [3.05, 3.63) is 70.3 Å². The number of nitrogens with zero attached hydrogens (tertiary/aromatic N) is 2. The Morgan fingerprint density at radius 3 is 2.04 bits per heavy atom. The zero-order valence-electron chi connectivity index (χ0n) is 13.8. The van der Waals surface area contributed by atoms with Crippen LogP contribution in [-0.2, 0) is 19.0 Å². The first-order valence-corrected chi connectivity index (χ1v) is 8.10. The molecule has 1 aromatic heterocycles. The van der Waals surface area contributed by atoms with Crippen molar-refractivity contribution in [1.29, 1.82) is 0 Å². The Morgan fingerprint density at radius 1 is 0.929 bits per heavy atom. The van der Waals surface area contributed by atoms with Crippen LogP contribution >= 0.6 is 12.2 Å². The molecule has 0 bridgehead atoms. The third-order valence-corrected chi connectivity index (χ3v) is 3.96. The van der Waals surface area contributed by atoms with Gasteiger partial charge in [0.2, 0.25) is 0 Å². The average molecular weight is 419 g/mol. The zero-order chi connectivity index (χ0) is 20.5. The summed E-state index contributed by atoms with van der Waals surface area (Å²) in [5.74, 6) is 0.462. The first-order valence-electron chi connectivity index (χ1n) is 7.70. The molecule has 4 nitrogen and oxygen atoms in total. The molecule has 0 unspecified atom stereocenters. The lowest BCUT2D eigenvalue weighted by Gasteiger charge is -2.15. The quantitative estimate of drug-likeness (QED) is 0.446. The average Bonchev–Trinajstić information content (AvgIpc) is 2.99. The molecule has 11 heteroatoms. The first kappa shape index (κ1) is 19.9. The number of nitrogens with one attached hydrogen (secondary N) is 1. The predicted octanol–water partition coefficient (Wildman–Crippen LogP) is 5.55. The minimum Gasteiger partial charge on any atom is -0.486 e. The monoisotopic (exact) mass is 419 g/mol. The van der Waals surface area contributed by atoms with E-state index in [-0.39, 0.29) is 23.3 Å². The van der Waals surface area contributed by atoms with Crippen LogP contribution in [0.4, 0.5) is 26.3 Å². The number of hydrogen-bond acceptors (Lipinski definition) is 3. The number of alkyl halides is 6. The van der Waals surface area contributed by atoms with E-state index in [9.17, 15) is 26.3 Å². The van der Waals surface area contributed by atoms with Crippen LogP contribution in [0.2, 0.25) is 0 Å². The first-order chi connectivity index (χ1) is 13.1. The second-order valence-electron chi connectivity index (χ2n) is 5.65. The molecule has 3 rings (SSSR count). The molecule has 0 amide bonds. The van der Waals surface area contributed by atoms with Crippen LogP contribution in [0, 0.1) is 4.77 Å². The van der Waals surface area contributed by atoms with E-state index in [1.54, 1.807) is 30.3 Å². The molecule has 148 valence electrons. The smallest absolute Gasteiger partial charge is 0.416 e. The van der Waals surface area contributed by atoms with E-state index in [4.69, 9.17) is 17.0 Å². The van der Waals surface area contributed by atoms with Crippen molar-refractivity contribution in [1.82, 2.24) is 14.8 Å². The van der Waals surface area contributed by atoms with Gasteiger partial charge in [0.1, 0.15) is 12.4 Å². The minimum absolute atomic E-state index is 0.0151. The summed E-state index contributed by atoms with van der Waals surface area (Å²) in [4.78, 5) is 0. The van der Waals surface area contributed by atoms with Crippen molar-refractivity contribution in [2.45, 2.75) is 19.0 Å². The Morgan fingerprint density at radius 2 is 1.50 bits per heavy atom. The molecule has 0 aliphatic rings. The summed E-state index contributed by atoms with van der Waals surface area (Å²) in [5.41, 5.74) is -3.32. The third-order valence-electron chi connectivity index (χ3n) is 3.68. The number of aromatic nitrogens is 3. The molecule has 0 radical (unpaired) electrons.